The topological polar surface area (TPSA) is 111 Å². The molecular weight excluding hydrogens is 496 g/mol. The van der Waals surface area contributed by atoms with E-state index in [0.717, 1.165) is 5.56 Å². The van der Waals surface area contributed by atoms with Crippen molar-refractivity contribution in [3.05, 3.63) is 65.9 Å². The zero-order valence-corrected chi connectivity index (χ0v) is 23.0. The largest absolute Gasteiger partial charge is 0.507 e. The molecule has 208 valence electrons. The van der Waals surface area contributed by atoms with Gasteiger partial charge in [0.2, 0.25) is 17.7 Å². The molecule has 0 aromatic heterocycles. The molecule has 3 N–H and O–H groups in total. The third-order valence-corrected chi connectivity index (χ3v) is 7.64. The molecule has 0 spiro atoms. The Hall–Kier alpha value is -3.85. The molecule has 0 unspecified atom stereocenters. The van der Waals surface area contributed by atoms with Crippen LogP contribution in [0.5, 0.6) is 11.5 Å². The molecule has 1 saturated heterocycles. The minimum absolute atomic E-state index is 0.0323. The number of nitrogens with one attached hydrogen (secondary N) is 2. The number of amides is 3. The molecule has 0 aliphatic carbocycles. The van der Waals surface area contributed by atoms with Gasteiger partial charge in [0, 0.05) is 24.7 Å². The van der Waals surface area contributed by atoms with Crippen LogP contribution in [0.2, 0.25) is 0 Å². The van der Waals surface area contributed by atoms with Gasteiger partial charge in [0.1, 0.15) is 29.7 Å². The molecule has 3 amide bonds. The maximum Gasteiger partial charge on any atom is 0.247 e. The standard InChI is InChI=1S/C30H38N4O5/c1-5-19(2)26-28(36)31-15-13-21-18-22(11-12-24(21)35)39-25-14-16-34(27(25)29(37)32-26)30(38)23(33(3)4)17-20-9-7-6-8-10-20/h6-13,15,18-19,23,25-27,35H,5,14,16-17H2,1-4H3,(H,31,36)(H,32,37)/t19-,23-,25+,26-,27-/m0/s1. The molecule has 0 radical (unpaired) electrons. The van der Waals surface area contributed by atoms with Gasteiger partial charge in [0.05, 0.1) is 6.04 Å². The molecule has 2 heterocycles. The third kappa shape index (κ3) is 6.42. The number of carbonyl (C=O) groups excluding carboxylic acids is 3. The second-order valence-electron chi connectivity index (χ2n) is 10.5. The molecule has 2 aromatic rings. The highest BCUT2D eigenvalue weighted by Crippen LogP contribution is 2.30. The number of phenolic OH excluding ortho intramolecular Hbond substituents is 1. The second kappa shape index (κ2) is 12.3. The van der Waals surface area contributed by atoms with Crippen LogP contribution in [-0.4, -0.2) is 77.5 Å². The number of rotatable bonds is 6. The summed E-state index contributed by atoms with van der Waals surface area (Å²) < 4.78 is 6.29. The number of hydrogen-bond donors (Lipinski definition) is 3. The minimum Gasteiger partial charge on any atom is -0.507 e. The summed E-state index contributed by atoms with van der Waals surface area (Å²) in [5.74, 6) is -0.624. The predicted molar refractivity (Wildman–Crippen MR) is 149 cm³/mol. The molecule has 5 atom stereocenters. The Morgan fingerprint density at radius 2 is 1.90 bits per heavy atom. The summed E-state index contributed by atoms with van der Waals surface area (Å²) >= 11 is 0. The van der Waals surface area contributed by atoms with Gasteiger partial charge in [0.15, 0.2) is 0 Å². The molecule has 2 aliphatic heterocycles. The van der Waals surface area contributed by atoms with Gasteiger partial charge in [-0.25, -0.2) is 0 Å². The van der Waals surface area contributed by atoms with Crippen LogP contribution in [0.15, 0.2) is 54.7 Å². The fourth-order valence-electron chi connectivity index (χ4n) is 5.12. The van der Waals surface area contributed by atoms with E-state index in [1.54, 1.807) is 23.1 Å². The first-order valence-electron chi connectivity index (χ1n) is 13.5. The molecule has 4 rings (SSSR count). The van der Waals surface area contributed by atoms with Crippen LogP contribution in [0.4, 0.5) is 0 Å². The van der Waals surface area contributed by atoms with Gasteiger partial charge in [-0.05, 0) is 56.3 Å². The van der Waals surface area contributed by atoms with Gasteiger partial charge < -0.3 is 25.4 Å². The average Bonchev–Trinajstić information content (AvgIpc) is 3.34. The number of aromatic hydroxyl groups is 1. The Kier molecular flexibility index (Phi) is 8.91. The van der Waals surface area contributed by atoms with Gasteiger partial charge >= 0.3 is 0 Å². The Balaban J connectivity index is 1.70. The zero-order valence-electron chi connectivity index (χ0n) is 23.0. The SMILES string of the molecule is CC[C@H](C)[C@@H]1NC(=O)[C@@H]2[C@@H](CCN2C(=O)[C@H](Cc2ccccc2)N(C)C)Oc2ccc(O)c(c2)C=CNC1=O. The van der Waals surface area contributed by atoms with Crippen molar-refractivity contribution in [2.75, 3.05) is 20.6 Å². The normalized spacial score (nSPS) is 22.9. The highest BCUT2D eigenvalue weighted by molar-refractivity contribution is 5.94. The molecular formula is C30H38N4O5. The highest BCUT2D eigenvalue weighted by atomic mass is 16.5. The van der Waals surface area contributed by atoms with Crippen LogP contribution in [0.3, 0.4) is 0 Å². The van der Waals surface area contributed by atoms with Crippen LogP contribution in [0, 0.1) is 5.92 Å². The Morgan fingerprint density at radius 1 is 1.15 bits per heavy atom. The van der Waals surface area contributed by atoms with E-state index in [9.17, 15) is 19.5 Å². The lowest BCUT2D eigenvalue weighted by atomic mass is 9.97. The molecule has 2 bridgehead atoms. The predicted octanol–water partition coefficient (Wildman–Crippen LogP) is 2.54. The van der Waals surface area contributed by atoms with E-state index in [4.69, 9.17) is 4.74 Å². The average molecular weight is 535 g/mol. The third-order valence-electron chi connectivity index (χ3n) is 7.64. The van der Waals surface area contributed by atoms with E-state index in [2.05, 4.69) is 10.6 Å². The van der Waals surface area contributed by atoms with Crippen molar-refractivity contribution in [1.29, 1.82) is 0 Å². The monoisotopic (exact) mass is 534 g/mol. The Labute approximate surface area is 229 Å². The van der Waals surface area contributed by atoms with E-state index in [0.29, 0.717) is 37.1 Å². The van der Waals surface area contributed by atoms with Gasteiger partial charge in [-0.1, -0.05) is 50.6 Å². The van der Waals surface area contributed by atoms with Crippen molar-refractivity contribution in [2.24, 2.45) is 5.92 Å². The zero-order chi connectivity index (χ0) is 28.1. The number of phenols is 1. The van der Waals surface area contributed by atoms with E-state index in [-0.39, 0.29) is 23.5 Å². The van der Waals surface area contributed by atoms with E-state index in [1.807, 2.05) is 63.2 Å². The van der Waals surface area contributed by atoms with Crippen molar-refractivity contribution in [3.8, 4) is 11.5 Å². The first-order valence-corrected chi connectivity index (χ1v) is 13.5. The highest BCUT2D eigenvalue weighted by Gasteiger charge is 2.46. The molecule has 9 heteroatoms. The van der Waals surface area contributed by atoms with Gasteiger partial charge in [-0.2, -0.15) is 0 Å². The van der Waals surface area contributed by atoms with Crippen molar-refractivity contribution >= 4 is 23.8 Å². The van der Waals surface area contributed by atoms with Crippen LogP contribution >= 0.6 is 0 Å². The summed E-state index contributed by atoms with van der Waals surface area (Å²) in [6, 6.07) is 12.3. The first kappa shape index (κ1) is 28.2. The molecule has 1 fully saturated rings. The van der Waals surface area contributed by atoms with Gasteiger partial charge in [-0.3, -0.25) is 19.3 Å². The summed E-state index contributed by atoms with van der Waals surface area (Å²) in [7, 11) is 3.71. The van der Waals surface area contributed by atoms with Crippen LogP contribution in [0.25, 0.3) is 6.08 Å². The lowest BCUT2D eigenvalue weighted by Crippen LogP contribution is -2.59. The van der Waals surface area contributed by atoms with E-state index >= 15 is 0 Å². The lowest BCUT2D eigenvalue weighted by molar-refractivity contribution is -0.144. The Bertz CT molecular complexity index is 1220. The fourth-order valence-corrected chi connectivity index (χ4v) is 5.12. The summed E-state index contributed by atoms with van der Waals surface area (Å²) in [6.07, 6.45) is 4.01. The number of ether oxygens (including phenoxy) is 1. The fraction of sp³-hybridized carbons (Fsp3) is 0.433. The maximum absolute atomic E-state index is 14.0. The lowest BCUT2D eigenvalue weighted by Gasteiger charge is -2.34. The van der Waals surface area contributed by atoms with Crippen molar-refractivity contribution in [2.45, 2.75) is 57.3 Å². The van der Waals surface area contributed by atoms with E-state index < -0.39 is 30.1 Å². The van der Waals surface area contributed by atoms with Crippen molar-refractivity contribution < 1.29 is 24.2 Å². The first-order chi connectivity index (χ1) is 18.7. The van der Waals surface area contributed by atoms with Gasteiger partial charge in [-0.15, -0.1) is 0 Å². The molecule has 9 nitrogen and oxygen atoms in total. The second-order valence-corrected chi connectivity index (χ2v) is 10.5. The molecule has 0 saturated carbocycles. The van der Waals surface area contributed by atoms with Crippen molar-refractivity contribution in [3.63, 3.8) is 0 Å². The van der Waals surface area contributed by atoms with E-state index in [1.165, 1.54) is 12.3 Å². The summed E-state index contributed by atoms with van der Waals surface area (Å²) in [5.41, 5.74) is 1.48. The molecule has 39 heavy (non-hydrogen) atoms. The maximum atomic E-state index is 14.0. The van der Waals surface area contributed by atoms with Crippen LogP contribution in [0.1, 0.15) is 37.8 Å². The number of hydrogen-bond acceptors (Lipinski definition) is 6. The number of fused-ring (bicyclic) bond motifs is 3. The minimum atomic E-state index is -0.930. The van der Waals surface area contributed by atoms with Gasteiger partial charge in [0.25, 0.3) is 0 Å². The number of likely N-dealkylation sites (tertiary alicyclic amines) is 1. The van der Waals surface area contributed by atoms with Crippen LogP contribution in [-0.2, 0) is 20.8 Å². The van der Waals surface area contributed by atoms with Crippen LogP contribution < -0.4 is 15.4 Å². The number of likely N-dealkylation sites (N-methyl/N-ethyl adjacent to an activating group) is 1. The molecule has 2 aromatic carbocycles. The smallest absolute Gasteiger partial charge is 0.247 e. The quantitative estimate of drug-likeness (QED) is 0.525. The number of benzene rings is 2. The van der Waals surface area contributed by atoms with Crippen molar-refractivity contribution in [1.82, 2.24) is 20.4 Å². The number of carbonyl (C=O) groups is 3. The summed E-state index contributed by atoms with van der Waals surface area (Å²) in [5, 5.41) is 16.0. The Morgan fingerprint density at radius 3 is 2.59 bits per heavy atom. The summed E-state index contributed by atoms with van der Waals surface area (Å²) in [4.78, 5) is 44.5. The summed E-state index contributed by atoms with van der Waals surface area (Å²) in [6.45, 7) is 4.19. The number of nitrogens with zero attached hydrogens (tertiary/aromatic N) is 2. The molecule has 2 aliphatic rings.